The van der Waals surface area contributed by atoms with Crippen molar-refractivity contribution in [3.8, 4) is 5.75 Å². The fourth-order valence-corrected chi connectivity index (χ4v) is 3.42. The van der Waals surface area contributed by atoms with Gasteiger partial charge in [-0.05, 0) is 49.1 Å². The van der Waals surface area contributed by atoms with Crippen LogP contribution in [-0.2, 0) is 14.8 Å². The number of rotatable bonds is 7. The third kappa shape index (κ3) is 5.10. The second-order valence-electron chi connectivity index (χ2n) is 6.45. The molecule has 3 N–H and O–H groups in total. The van der Waals surface area contributed by atoms with E-state index in [4.69, 9.17) is 0 Å². The normalized spacial score (nSPS) is 12.3. The van der Waals surface area contributed by atoms with Crippen molar-refractivity contribution in [3.05, 3.63) is 60.2 Å². The van der Waals surface area contributed by atoms with Crippen molar-refractivity contribution in [2.75, 3.05) is 10.0 Å². The van der Waals surface area contributed by atoms with Crippen LogP contribution in [-0.4, -0.2) is 19.4 Å². The number of carbonyl (C=O) groups excluding carboxylic acids is 1. The summed E-state index contributed by atoms with van der Waals surface area (Å²) in [5.41, 5.74) is 1.74. The van der Waals surface area contributed by atoms with Gasteiger partial charge in [0.05, 0.1) is 10.6 Å². The second kappa shape index (κ2) is 8.26. The van der Waals surface area contributed by atoms with Crippen molar-refractivity contribution in [1.82, 2.24) is 0 Å². The van der Waals surface area contributed by atoms with E-state index in [1.165, 1.54) is 18.2 Å². The number of phenolic OH excluding ortho intramolecular Hbond substituents is 1. The Morgan fingerprint density at radius 3 is 2.33 bits per heavy atom. The highest BCUT2D eigenvalue weighted by atomic mass is 32.2. The molecule has 1 amide bonds. The molecule has 0 aliphatic carbocycles. The first-order valence-corrected chi connectivity index (χ1v) is 10.0. The zero-order chi connectivity index (χ0) is 20.2. The summed E-state index contributed by atoms with van der Waals surface area (Å²) in [6.07, 6.45) is 0.965. The van der Waals surface area contributed by atoms with Gasteiger partial charge in [-0.25, -0.2) is 8.42 Å². The van der Waals surface area contributed by atoms with Gasteiger partial charge in [0, 0.05) is 17.3 Å². The van der Waals surface area contributed by atoms with Crippen molar-refractivity contribution in [2.24, 2.45) is 0 Å². The first kappa shape index (κ1) is 20.5. The predicted octanol–water partition coefficient (Wildman–Crippen LogP) is 4.22. The largest absolute Gasteiger partial charge is 0.506 e. The van der Waals surface area contributed by atoms with E-state index in [0.717, 1.165) is 12.0 Å². The van der Waals surface area contributed by atoms with Crippen LogP contribution in [0.3, 0.4) is 0 Å². The number of benzene rings is 2. The van der Waals surface area contributed by atoms with E-state index < -0.39 is 10.0 Å². The molecule has 2 aromatic rings. The molecule has 0 bridgehead atoms. The highest BCUT2D eigenvalue weighted by Crippen LogP contribution is 2.29. The molecular weight excluding hydrogens is 364 g/mol. The highest BCUT2D eigenvalue weighted by molar-refractivity contribution is 7.92. The Balaban J connectivity index is 2.20. The minimum absolute atomic E-state index is 0.0225. The van der Waals surface area contributed by atoms with Gasteiger partial charge in [-0.3, -0.25) is 9.52 Å². The van der Waals surface area contributed by atoms with Crippen LogP contribution in [0.4, 0.5) is 11.4 Å². The minimum Gasteiger partial charge on any atom is -0.506 e. The maximum Gasteiger partial charge on any atom is 0.262 e. The lowest BCUT2D eigenvalue weighted by Crippen LogP contribution is -2.14. The quantitative estimate of drug-likeness (QED) is 0.489. The molecule has 144 valence electrons. The molecule has 0 saturated carbocycles. The van der Waals surface area contributed by atoms with Crippen molar-refractivity contribution < 1.29 is 18.3 Å². The molecule has 27 heavy (non-hydrogen) atoms. The number of hydrogen-bond acceptors (Lipinski definition) is 4. The van der Waals surface area contributed by atoms with Crippen LogP contribution >= 0.6 is 0 Å². The molecule has 0 spiro atoms. The lowest BCUT2D eigenvalue weighted by molar-refractivity contribution is -0.112. The van der Waals surface area contributed by atoms with Gasteiger partial charge < -0.3 is 10.4 Å². The van der Waals surface area contributed by atoms with E-state index in [1.807, 2.05) is 0 Å². The lowest BCUT2D eigenvalue weighted by atomic mass is 9.99. The minimum atomic E-state index is -3.85. The Kier molecular flexibility index (Phi) is 6.28. The third-order valence-corrected chi connectivity index (χ3v) is 5.64. The zero-order valence-corrected chi connectivity index (χ0v) is 16.4. The molecule has 0 heterocycles. The summed E-state index contributed by atoms with van der Waals surface area (Å²) in [4.78, 5) is 11.7. The van der Waals surface area contributed by atoms with Crippen LogP contribution in [0, 0.1) is 0 Å². The SMILES string of the molecule is C=C(C)C(=O)Nc1ccc(NS(=O)(=O)c2ccc([C@@H](C)CC)cc2)c(O)c1. The van der Waals surface area contributed by atoms with E-state index in [-0.39, 0.29) is 22.2 Å². The lowest BCUT2D eigenvalue weighted by Gasteiger charge is -2.13. The van der Waals surface area contributed by atoms with E-state index in [0.29, 0.717) is 17.2 Å². The van der Waals surface area contributed by atoms with Gasteiger partial charge >= 0.3 is 0 Å². The van der Waals surface area contributed by atoms with Crippen LogP contribution in [0.15, 0.2) is 59.5 Å². The fourth-order valence-electron chi connectivity index (χ4n) is 2.35. The van der Waals surface area contributed by atoms with Crippen LogP contribution in [0.1, 0.15) is 38.7 Å². The third-order valence-electron chi connectivity index (χ3n) is 4.26. The molecule has 0 saturated heterocycles. The molecule has 2 rings (SSSR count). The fraction of sp³-hybridized carbons (Fsp3) is 0.250. The van der Waals surface area contributed by atoms with E-state index in [2.05, 4.69) is 30.5 Å². The summed E-state index contributed by atoms with van der Waals surface area (Å²) in [5, 5.41) is 12.7. The summed E-state index contributed by atoms with van der Waals surface area (Å²) in [5.74, 6) is -0.334. The summed E-state index contributed by atoms with van der Waals surface area (Å²) in [7, 11) is -3.85. The standard InChI is InChI=1S/C20H24N2O4S/c1-5-14(4)15-6-9-17(10-7-15)27(25,26)22-18-11-8-16(12-19(18)23)21-20(24)13(2)3/h6-12,14,22-23H,2,5H2,1,3-4H3,(H,21,24)/t14-/m0/s1. The van der Waals surface area contributed by atoms with Gasteiger partial charge in [-0.2, -0.15) is 0 Å². The average molecular weight is 388 g/mol. The molecule has 0 aromatic heterocycles. The van der Waals surface area contributed by atoms with Crippen LogP contribution in [0.25, 0.3) is 0 Å². The molecule has 0 unspecified atom stereocenters. The summed E-state index contributed by atoms with van der Waals surface area (Å²) < 4.78 is 27.5. The Morgan fingerprint density at radius 2 is 1.81 bits per heavy atom. The number of anilines is 2. The maximum absolute atomic E-state index is 12.6. The summed E-state index contributed by atoms with van der Waals surface area (Å²) in [6, 6.07) is 10.8. The van der Waals surface area contributed by atoms with Gasteiger partial charge in [0.25, 0.3) is 15.9 Å². The smallest absolute Gasteiger partial charge is 0.262 e. The number of hydrogen-bond donors (Lipinski definition) is 3. The number of carbonyl (C=O) groups is 1. The Bertz CT molecular complexity index is 950. The van der Waals surface area contributed by atoms with Crippen molar-refractivity contribution in [1.29, 1.82) is 0 Å². The average Bonchev–Trinajstić information content (AvgIpc) is 2.63. The number of aromatic hydroxyl groups is 1. The van der Waals surface area contributed by atoms with Gasteiger partial charge in [0.15, 0.2) is 0 Å². The van der Waals surface area contributed by atoms with E-state index in [9.17, 15) is 18.3 Å². The van der Waals surface area contributed by atoms with E-state index >= 15 is 0 Å². The Morgan fingerprint density at radius 1 is 1.19 bits per heavy atom. The van der Waals surface area contributed by atoms with Crippen molar-refractivity contribution in [2.45, 2.75) is 38.0 Å². The first-order valence-electron chi connectivity index (χ1n) is 8.56. The summed E-state index contributed by atoms with van der Waals surface area (Å²) in [6.45, 7) is 9.24. The van der Waals surface area contributed by atoms with E-state index in [1.54, 1.807) is 31.2 Å². The van der Waals surface area contributed by atoms with Gasteiger partial charge in [0.1, 0.15) is 5.75 Å². The molecule has 0 fully saturated rings. The molecule has 1 atom stereocenters. The molecule has 0 radical (unpaired) electrons. The molecule has 0 aliphatic heterocycles. The summed E-state index contributed by atoms with van der Waals surface area (Å²) >= 11 is 0. The number of nitrogens with one attached hydrogen (secondary N) is 2. The number of phenols is 1. The number of amides is 1. The zero-order valence-electron chi connectivity index (χ0n) is 15.6. The van der Waals surface area contributed by atoms with Crippen molar-refractivity contribution in [3.63, 3.8) is 0 Å². The van der Waals surface area contributed by atoms with Crippen molar-refractivity contribution >= 4 is 27.3 Å². The Labute approximate surface area is 160 Å². The van der Waals surface area contributed by atoms with Crippen LogP contribution < -0.4 is 10.0 Å². The monoisotopic (exact) mass is 388 g/mol. The molecule has 6 nitrogen and oxygen atoms in total. The van der Waals surface area contributed by atoms with Gasteiger partial charge in [-0.15, -0.1) is 0 Å². The molecular formula is C20H24N2O4S. The highest BCUT2D eigenvalue weighted by Gasteiger charge is 2.17. The van der Waals surface area contributed by atoms with Crippen LogP contribution in [0.5, 0.6) is 5.75 Å². The Hall–Kier alpha value is -2.80. The first-order chi connectivity index (χ1) is 12.6. The molecule has 7 heteroatoms. The second-order valence-corrected chi connectivity index (χ2v) is 8.13. The molecule has 2 aromatic carbocycles. The predicted molar refractivity (Wildman–Crippen MR) is 108 cm³/mol. The van der Waals surface area contributed by atoms with Gasteiger partial charge in [0.2, 0.25) is 0 Å². The van der Waals surface area contributed by atoms with Gasteiger partial charge in [-0.1, -0.05) is 32.6 Å². The topological polar surface area (TPSA) is 95.5 Å². The van der Waals surface area contributed by atoms with Crippen LogP contribution in [0.2, 0.25) is 0 Å². The number of sulfonamides is 1. The maximum atomic E-state index is 12.6. The molecule has 0 aliphatic rings.